The highest BCUT2D eigenvalue weighted by atomic mass is 79.9. The van der Waals surface area contributed by atoms with E-state index in [1.54, 1.807) is 18.4 Å². The third kappa shape index (κ3) is 3.34. The number of benzene rings is 1. The van der Waals surface area contributed by atoms with Crippen molar-refractivity contribution in [3.05, 3.63) is 51.3 Å². The smallest absolute Gasteiger partial charge is 0.134 e. The summed E-state index contributed by atoms with van der Waals surface area (Å²) in [6.45, 7) is 0.397. The minimum atomic E-state index is -0.652. The number of anilines is 1. The zero-order valence-electron chi connectivity index (χ0n) is 8.86. The van der Waals surface area contributed by atoms with Gasteiger partial charge in [0.15, 0.2) is 0 Å². The maximum absolute atomic E-state index is 9.84. The summed E-state index contributed by atoms with van der Waals surface area (Å²) in [4.78, 5) is 0. The van der Waals surface area contributed by atoms with Crippen molar-refractivity contribution >= 4 is 37.5 Å². The van der Waals surface area contributed by atoms with Gasteiger partial charge in [-0.05, 0) is 46.3 Å². The van der Waals surface area contributed by atoms with Gasteiger partial charge >= 0.3 is 0 Å². The molecule has 2 rings (SSSR count). The molecule has 0 spiro atoms. The van der Waals surface area contributed by atoms with Gasteiger partial charge in [0.2, 0.25) is 0 Å². The van der Waals surface area contributed by atoms with E-state index in [1.165, 1.54) is 0 Å². The van der Waals surface area contributed by atoms with E-state index in [9.17, 15) is 5.11 Å². The minimum absolute atomic E-state index is 0.397. The zero-order valence-corrected chi connectivity index (χ0v) is 12.0. The first-order valence-corrected chi connectivity index (χ1v) is 6.66. The maximum Gasteiger partial charge on any atom is 0.134 e. The molecule has 0 bridgehead atoms. The first kappa shape index (κ1) is 12.7. The number of aliphatic hydroxyl groups is 1. The van der Waals surface area contributed by atoms with Gasteiger partial charge in [0.25, 0.3) is 0 Å². The number of rotatable bonds is 4. The minimum Gasteiger partial charge on any atom is -0.467 e. The Morgan fingerprint density at radius 3 is 2.76 bits per heavy atom. The van der Waals surface area contributed by atoms with Gasteiger partial charge in [0.05, 0.1) is 6.26 Å². The van der Waals surface area contributed by atoms with Crippen molar-refractivity contribution in [1.29, 1.82) is 0 Å². The summed E-state index contributed by atoms with van der Waals surface area (Å²) in [6, 6.07) is 9.33. The molecule has 90 valence electrons. The van der Waals surface area contributed by atoms with Crippen LogP contribution in [-0.4, -0.2) is 11.7 Å². The van der Waals surface area contributed by atoms with E-state index in [0.29, 0.717) is 12.3 Å². The van der Waals surface area contributed by atoms with Crippen molar-refractivity contribution in [3.63, 3.8) is 0 Å². The molecule has 2 aromatic rings. The number of halogens is 2. The topological polar surface area (TPSA) is 45.4 Å². The lowest BCUT2D eigenvalue weighted by molar-refractivity contribution is 0.162. The van der Waals surface area contributed by atoms with Crippen LogP contribution in [-0.2, 0) is 0 Å². The molecule has 1 heterocycles. The largest absolute Gasteiger partial charge is 0.467 e. The van der Waals surface area contributed by atoms with Crippen LogP contribution in [0.3, 0.4) is 0 Å². The molecule has 1 unspecified atom stereocenters. The molecular weight excluding hydrogens is 350 g/mol. The molecule has 1 aromatic heterocycles. The van der Waals surface area contributed by atoms with Gasteiger partial charge in [0, 0.05) is 21.2 Å². The molecule has 2 N–H and O–H groups in total. The van der Waals surface area contributed by atoms with Gasteiger partial charge in [-0.25, -0.2) is 0 Å². The first-order valence-electron chi connectivity index (χ1n) is 5.07. The van der Waals surface area contributed by atoms with Crippen molar-refractivity contribution in [1.82, 2.24) is 0 Å². The third-order valence-corrected chi connectivity index (χ3v) is 3.44. The second-order valence-corrected chi connectivity index (χ2v) is 5.31. The van der Waals surface area contributed by atoms with Crippen LogP contribution < -0.4 is 5.32 Å². The molecule has 0 aliphatic heterocycles. The van der Waals surface area contributed by atoms with Gasteiger partial charge in [-0.1, -0.05) is 15.9 Å². The van der Waals surface area contributed by atoms with E-state index in [1.807, 2.05) is 18.2 Å². The summed E-state index contributed by atoms with van der Waals surface area (Å²) in [5.41, 5.74) is 0.929. The molecule has 1 aromatic carbocycles. The highest BCUT2D eigenvalue weighted by molar-refractivity contribution is 9.11. The quantitative estimate of drug-likeness (QED) is 0.867. The standard InChI is InChI=1S/C12H11Br2NO2/c13-8-3-4-10(9(14)6-8)15-7-11(16)12-2-1-5-17-12/h1-6,11,15-16H,7H2. The van der Waals surface area contributed by atoms with E-state index in [2.05, 4.69) is 37.2 Å². The monoisotopic (exact) mass is 359 g/mol. The summed E-state index contributed by atoms with van der Waals surface area (Å²) >= 11 is 6.83. The van der Waals surface area contributed by atoms with Crippen LogP contribution in [0.2, 0.25) is 0 Å². The molecule has 0 saturated carbocycles. The van der Waals surface area contributed by atoms with Crippen LogP contribution in [0.5, 0.6) is 0 Å². The van der Waals surface area contributed by atoms with Crippen molar-refractivity contribution in [2.45, 2.75) is 6.10 Å². The highest BCUT2D eigenvalue weighted by Gasteiger charge is 2.10. The highest BCUT2D eigenvalue weighted by Crippen LogP contribution is 2.26. The number of hydrogen-bond donors (Lipinski definition) is 2. The van der Waals surface area contributed by atoms with Crippen molar-refractivity contribution in [2.75, 3.05) is 11.9 Å². The Morgan fingerprint density at radius 2 is 2.12 bits per heavy atom. The Hall–Kier alpha value is -0.780. The van der Waals surface area contributed by atoms with Crippen LogP contribution in [0.15, 0.2) is 50.0 Å². The zero-order chi connectivity index (χ0) is 12.3. The molecule has 5 heteroatoms. The Bertz CT molecular complexity index is 485. The van der Waals surface area contributed by atoms with Crippen LogP contribution in [0, 0.1) is 0 Å². The van der Waals surface area contributed by atoms with Crippen LogP contribution in [0.1, 0.15) is 11.9 Å². The molecule has 0 fully saturated rings. The fourth-order valence-corrected chi connectivity index (χ4v) is 2.61. The summed E-state index contributed by atoms with van der Waals surface area (Å²) < 4.78 is 7.07. The molecule has 0 aliphatic carbocycles. The predicted octanol–water partition coefficient (Wildman–Crippen LogP) is 3.95. The second-order valence-electron chi connectivity index (χ2n) is 3.54. The van der Waals surface area contributed by atoms with Crippen molar-refractivity contribution in [3.8, 4) is 0 Å². The molecule has 0 radical (unpaired) electrons. The molecule has 0 amide bonds. The fourth-order valence-electron chi connectivity index (χ4n) is 1.42. The summed E-state index contributed by atoms with van der Waals surface area (Å²) in [6.07, 6.45) is 0.897. The first-order chi connectivity index (χ1) is 8.16. The van der Waals surface area contributed by atoms with Gasteiger partial charge in [-0.2, -0.15) is 0 Å². The van der Waals surface area contributed by atoms with Gasteiger partial charge in [-0.3, -0.25) is 0 Å². The maximum atomic E-state index is 9.84. The molecule has 3 nitrogen and oxygen atoms in total. The lowest BCUT2D eigenvalue weighted by Crippen LogP contribution is -2.11. The summed E-state index contributed by atoms with van der Waals surface area (Å²) in [5.74, 6) is 0.561. The normalized spacial score (nSPS) is 12.4. The molecule has 0 saturated heterocycles. The van der Waals surface area contributed by atoms with Crippen LogP contribution >= 0.6 is 31.9 Å². The lowest BCUT2D eigenvalue weighted by Gasteiger charge is -2.12. The number of aliphatic hydroxyl groups excluding tert-OH is 1. The Morgan fingerprint density at radius 1 is 1.29 bits per heavy atom. The third-order valence-electron chi connectivity index (χ3n) is 2.29. The molecule has 17 heavy (non-hydrogen) atoms. The lowest BCUT2D eigenvalue weighted by atomic mass is 10.2. The Kier molecular flexibility index (Phi) is 4.25. The van der Waals surface area contributed by atoms with E-state index in [-0.39, 0.29) is 0 Å². The van der Waals surface area contributed by atoms with E-state index >= 15 is 0 Å². The van der Waals surface area contributed by atoms with E-state index in [4.69, 9.17) is 4.42 Å². The van der Waals surface area contributed by atoms with Crippen molar-refractivity contribution in [2.24, 2.45) is 0 Å². The average Bonchev–Trinajstić information content (AvgIpc) is 2.81. The van der Waals surface area contributed by atoms with Gasteiger partial charge in [-0.15, -0.1) is 0 Å². The summed E-state index contributed by atoms with van der Waals surface area (Å²) in [5, 5.41) is 13.0. The summed E-state index contributed by atoms with van der Waals surface area (Å²) in [7, 11) is 0. The predicted molar refractivity (Wildman–Crippen MR) is 74.0 cm³/mol. The van der Waals surface area contributed by atoms with Crippen LogP contribution in [0.4, 0.5) is 5.69 Å². The molecular formula is C12H11Br2NO2. The van der Waals surface area contributed by atoms with Crippen LogP contribution in [0.25, 0.3) is 0 Å². The number of nitrogens with one attached hydrogen (secondary N) is 1. The van der Waals surface area contributed by atoms with Crippen molar-refractivity contribution < 1.29 is 9.52 Å². The van der Waals surface area contributed by atoms with E-state index < -0.39 is 6.10 Å². The Balaban J connectivity index is 1.98. The SMILES string of the molecule is OC(CNc1ccc(Br)cc1Br)c1ccco1. The number of hydrogen-bond acceptors (Lipinski definition) is 3. The average molecular weight is 361 g/mol. The van der Waals surface area contributed by atoms with E-state index in [0.717, 1.165) is 14.6 Å². The fraction of sp³-hybridized carbons (Fsp3) is 0.167. The molecule has 0 aliphatic rings. The van der Waals surface area contributed by atoms with Gasteiger partial charge < -0.3 is 14.8 Å². The number of furan rings is 1. The Labute approximate surface area is 116 Å². The molecule has 1 atom stereocenters. The second kappa shape index (κ2) is 5.71. The van der Waals surface area contributed by atoms with Gasteiger partial charge in [0.1, 0.15) is 11.9 Å².